The van der Waals surface area contributed by atoms with Crippen LogP contribution in [0.1, 0.15) is 26.2 Å². The van der Waals surface area contributed by atoms with E-state index in [1.165, 1.54) is 25.6 Å². The lowest BCUT2D eigenvalue weighted by atomic mass is 10.2. The van der Waals surface area contributed by atoms with Crippen LogP contribution in [0.15, 0.2) is 31.0 Å². The Morgan fingerprint density at radius 1 is 1.29 bits per heavy atom. The third-order valence-electron chi connectivity index (χ3n) is 4.41. The zero-order valence-electron chi connectivity index (χ0n) is 12.2. The van der Waals surface area contributed by atoms with E-state index in [1.54, 1.807) is 11.0 Å². The third kappa shape index (κ3) is 2.63. The first-order valence-corrected chi connectivity index (χ1v) is 7.63. The van der Waals surface area contributed by atoms with Gasteiger partial charge in [0.2, 0.25) is 0 Å². The number of hydrogen-bond acceptors (Lipinski definition) is 5. The van der Waals surface area contributed by atoms with E-state index in [-0.39, 0.29) is 0 Å². The third-order valence-corrected chi connectivity index (χ3v) is 4.41. The van der Waals surface area contributed by atoms with Gasteiger partial charge in [-0.05, 0) is 38.3 Å². The zero-order chi connectivity index (χ0) is 14.2. The number of nitrogens with one attached hydrogen (secondary N) is 1. The average molecular weight is 284 g/mol. The van der Waals surface area contributed by atoms with E-state index < -0.39 is 0 Å². The minimum atomic E-state index is 0.527. The van der Waals surface area contributed by atoms with Crippen LogP contribution in [-0.2, 0) is 0 Å². The monoisotopic (exact) mass is 284 g/mol. The molecule has 1 aliphatic carbocycles. The lowest BCUT2D eigenvalue weighted by Gasteiger charge is -2.19. The summed E-state index contributed by atoms with van der Waals surface area (Å²) < 4.78 is 1.66. The van der Waals surface area contributed by atoms with Crippen molar-refractivity contribution in [2.45, 2.75) is 44.3 Å². The van der Waals surface area contributed by atoms with Gasteiger partial charge in [0.1, 0.15) is 12.7 Å². The maximum absolute atomic E-state index is 4.43. The van der Waals surface area contributed by atoms with E-state index in [9.17, 15) is 0 Å². The Balaban J connectivity index is 1.41. The van der Waals surface area contributed by atoms with Crippen LogP contribution >= 0.6 is 0 Å². The summed E-state index contributed by atoms with van der Waals surface area (Å²) in [6.07, 6.45) is 9.01. The highest BCUT2D eigenvalue weighted by molar-refractivity contribution is 5.44. The van der Waals surface area contributed by atoms with Gasteiger partial charge in [0.05, 0.1) is 11.9 Å². The molecule has 1 aliphatic heterocycles. The highest BCUT2D eigenvalue weighted by Crippen LogP contribution is 2.34. The fourth-order valence-corrected chi connectivity index (χ4v) is 3.25. The van der Waals surface area contributed by atoms with Gasteiger partial charge in [0.25, 0.3) is 0 Å². The summed E-state index contributed by atoms with van der Waals surface area (Å²) in [6.45, 7) is 3.49. The van der Waals surface area contributed by atoms with Crippen LogP contribution in [0.25, 0.3) is 5.82 Å². The minimum absolute atomic E-state index is 0.527. The Morgan fingerprint density at radius 2 is 2.19 bits per heavy atom. The highest BCUT2D eigenvalue weighted by atomic mass is 15.3. The minimum Gasteiger partial charge on any atom is -0.380 e. The van der Waals surface area contributed by atoms with Gasteiger partial charge in [-0.2, -0.15) is 5.10 Å². The maximum Gasteiger partial charge on any atom is 0.155 e. The Kier molecular flexibility index (Phi) is 3.11. The predicted molar refractivity (Wildman–Crippen MR) is 80.4 cm³/mol. The van der Waals surface area contributed by atoms with Gasteiger partial charge >= 0.3 is 0 Å². The zero-order valence-corrected chi connectivity index (χ0v) is 12.2. The number of rotatable bonds is 4. The van der Waals surface area contributed by atoms with Crippen LogP contribution in [0, 0.1) is 0 Å². The van der Waals surface area contributed by atoms with Crippen LogP contribution in [0.2, 0.25) is 0 Å². The molecule has 2 fully saturated rings. The Morgan fingerprint density at radius 3 is 2.86 bits per heavy atom. The molecule has 1 saturated heterocycles. The highest BCUT2D eigenvalue weighted by Gasteiger charge is 2.38. The quantitative estimate of drug-likeness (QED) is 0.926. The molecule has 2 aliphatic rings. The summed E-state index contributed by atoms with van der Waals surface area (Å²) in [6, 6.07) is 6.10. The number of likely N-dealkylation sites (tertiary alicyclic amines) is 1. The van der Waals surface area contributed by atoms with E-state index in [1.807, 2.05) is 12.3 Å². The molecule has 1 N–H and O–H groups in total. The normalized spacial score (nSPS) is 26.1. The summed E-state index contributed by atoms with van der Waals surface area (Å²) in [5.74, 6) is 0.789. The first-order valence-electron chi connectivity index (χ1n) is 7.63. The number of pyridine rings is 1. The summed E-state index contributed by atoms with van der Waals surface area (Å²) in [4.78, 5) is 11.0. The number of aromatic nitrogens is 4. The molecule has 110 valence electrons. The number of anilines is 1. The van der Waals surface area contributed by atoms with E-state index in [2.05, 4.69) is 38.3 Å². The molecule has 3 heterocycles. The molecule has 0 bridgehead atoms. The Labute approximate surface area is 124 Å². The molecule has 0 radical (unpaired) electrons. The van der Waals surface area contributed by atoms with E-state index in [0.29, 0.717) is 12.1 Å². The van der Waals surface area contributed by atoms with Crippen molar-refractivity contribution in [1.29, 1.82) is 0 Å². The molecular weight excluding hydrogens is 264 g/mol. The van der Waals surface area contributed by atoms with Crippen LogP contribution in [0.5, 0.6) is 0 Å². The second-order valence-corrected chi connectivity index (χ2v) is 6.10. The van der Waals surface area contributed by atoms with Crippen molar-refractivity contribution in [3.8, 4) is 5.82 Å². The van der Waals surface area contributed by atoms with Gasteiger partial charge in [-0.15, -0.1) is 0 Å². The molecule has 2 aromatic heterocycles. The second kappa shape index (κ2) is 5.11. The smallest absolute Gasteiger partial charge is 0.155 e. The lowest BCUT2D eigenvalue weighted by molar-refractivity contribution is 0.257. The maximum atomic E-state index is 4.43. The lowest BCUT2D eigenvalue weighted by Crippen LogP contribution is -2.31. The van der Waals surface area contributed by atoms with Crippen molar-refractivity contribution in [3.63, 3.8) is 0 Å². The SMILES string of the molecule is CC1CC(Nc2ccc(-n3cncn3)nc2)CN1C1CC1. The number of hydrogen-bond donors (Lipinski definition) is 1. The second-order valence-electron chi connectivity index (χ2n) is 6.10. The topological polar surface area (TPSA) is 58.9 Å². The van der Waals surface area contributed by atoms with Crippen LogP contribution in [0.4, 0.5) is 5.69 Å². The van der Waals surface area contributed by atoms with Crippen molar-refractivity contribution >= 4 is 5.69 Å². The molecule has 0 aromatic carbocycles. The standard InChI is InChI=1S/C15H20N6/c1-11-6-13(8-20(11)14-3-4-14)19-12-2-5-15(17-7-12)21-10-16-9-18-21/h2,5,7,9-11,13-14,19H,3-4,6,8H2,1H3. The van der Waals surface area contributed by atoms with Crippen molar-refractivity contribution in [2.24, 2.45) is 0 Å². The van der Waals surface area contributed by atoms with E-state index >= 15 is 0 Å². The van der Waals surface area contributed by atoms with Crippen molar-refractivity contribution in [1.82, 2.24) is 24.6 Å². The van der Waals surface area contributed by atoms with Gasteiger partial charge in [-0.1, -0.05) is 0 Å². The van der Waals surface area contributed by atoms with Crippen LogP contribution in [0.3, 0.4) is 0 Å². The average Bonchev–Trinajstić information content (AvgIpc) is 3.05. The van der Waals surface area contributed by atoms with E-state index in [4.69, 9.17) is 0 Å². The summed E-state index contributed by atoms with van der Waals surface area (Å²) in [5.41, 5.74) is 1.08. The predicted octanol–water partition coefficient (Wildman–Crippen LogP) is 1.70. The molecule has 0 amide bonds. The molecule has 6 heteroatoms. The molecule has 2 aromatic rings. The summed E-state index contributed by atoms with van der Waals surface area (Å²) in [5, 5.41) is 7.69. The van der Waals surface area contributed by atoms with Gasteiger partial charge in [-0.3, -0.25) is 4.90 Å². The van der Waals surface area contributed by atoms with E-state index in [0.717, 1.165) is 24.1 Å². The fraction of sp³-hybridized carbons (Fsp3) is 0.533. The molecule has 1 saturated carbocycles. The molecule has 2 unspecified atom stereocenters. The summed E-state index contributed by atoms with van der Waals surface area (Å²) >= 11 is 0. The van der Waals surface area contributed by atoms with Crippen molar-refractivity contribution in [2.75, 3.05) is 11.9 Å². The van der Waals surface area contributed by atoms with Crippen LogP contribution < -0.4 is 5.32 Å². The first kappa shape index (κ1) is 12.8. The molecule has 2 atom stereocenters. The molecule has 21 heavy (non-hydrogen) atoms. The van der Waals surface area contributed by atoms with Gasteiger partial charge < -0.3 is 5.32 Å². The van der Waals surface area contributed by atoms with Gasteiger partial charge in [-0.25, -0.2) is 14.6 Å². The number of nitrogens with zero attached hydrogens (tertiary/aromatic N) is 5. The Hall–Kier alpha value is -1.95. The summed E-state index contributed by atoms with van der Waals surface area (Å²) in [7, 11) is 0. The first-order chi connectivity index (χ1) is 10.3. The fourth-order valence-electron chi connectivity index (χ4n) is 3.25. The molecule has 6 nitrogen and oxygen atoms in total. The Bertz CT molecular complexity index is 589. The largest absolute Gasteiger partial charge is 0.380 e. The molecule has 4 rings (SSSR count). The molecule has 0 spiro atoms. The van der Waals surface area contributed by atoms with Crippen molar-refractivity contribution < 1.29 is 0 Å². The van der Waals surface area contributed by atoms with Gasteiger partial charge in [0.15, 0.2) is 5.82 Å². The molecular formula is C15H20N6. The van der Waals surface area contributed by atoms with Crippen LogP contribution in [-0.4, -0.2) is 49.3 Å². The van der Waals surface area contributed by atoms with Crippen molar-refractivity contribution in [3.05, 3.63) is 31.0 Å². The van der Waals surface area contributed by atoms with Gasteiger partial charge in [0, 0.05) is 24.7 Å².